The Labute approximate surface area is 75.0 Å². The van der Waals surface area contributed by atoms with E-state index in [4.69, 9.17) is 5.73 Å². The first-order valence-corrected chi connectivity index (χ1v) is 4.08. The summed E-state index contributed by atoms with van der Waals surface area (Å²) in [6.07, 6.45) is 7.53. The summed E-state index contributed by atoms with van der Waals surface area (Å²) < 4.78 is 0. The zero-order chi connectivity index (χ0) is 9.40. The number of hydrogen-bond acceptors (Lipinski definition) is 1. The maximum atomic E-state index is 5.36. The van der Waals surface area contributed by atoms with Crippen LogP contribution in [0.15, 0.2) is 49.1 Å². The van der Waals surface area contributed by atoms with Gasteiger partial charge in [0.1, 0.15) is 0 Å². The molecule has 0 unspecified atom stereocenters. The van der Waals surface area contributed by atoms with Crippen LogP contribution < -0.4 is 5.73 Å². The van der Waals surface area contributed by atoms with Gasteiger partial charge in [0.25, 0.3) is 0 Å². The van der Waals surface area contributed by atoms with Crippen molar-refractivity contribution in [2.24, 2.45) is 5.73 Å². The minimum absolute atomic E-state index is 0.718. The van der Waals surface area contributed by atoms with Gasteiger partial charge in [-0.15, -0.1) is 0 Å². The molecule has 0 aromatic heterocycles. The Kier molecular flexibility index (Phi) is 6.02. The molecule has 0 atom stereocenters. The van der Waals surface area contributed by atoms with E-state index in [1.54, 1.807) is 6.08 Å². The second-order valence-corrected chi connectivity index (χ2v) is 2.66. The van der Waals surface area contributed by atoms with Crippen molar-refractivity contribution in [2.75, 3.05) is 6.54 Å². The number of hydrogen-bond donors (Lipinski definition) is 1. The van der Waals surface area contributed by atoms with Crippen LogP contribution in [0.25, 0.3) is 0 Å². The van der Waals surface area contributed by atoms with Crippen LogP contribution in [0.3, 0.4) is 0 Å². The molecule has 0 bridgehead atoms. The average Bonchev–Trinajstić information content (AvgIpc) is 2.10. The summed E-state index contributed by atoms with van der Waals surface area (Å²) in [6.45, 7) is 12.0. The van der Waals surface area contributed by atoms with E-state index in [0.717, 1.165) is 30.5 Å². The van der Waals surface area contributed by atoms with Crippen LogP contribution in [0.2, 0.25) is 0 Å². The van der Waals surface area contributed by atoms with Crippen molar-refractivity contribution in [1.29, 1.82) is 0 Å². The van der Waals surface area contributed by atoms with Crippen LogP contribution in [-0.2, 0) is 0 Å². The van der Waals surface area contributed by atoms with Gasteiger partial charge in [0.15, 0.2) is 0 Å². The number of nitrogens with two attached hydrogens (primary N) is 1. The highest BCUT2D eigenvalue weighted by molar-refractivity contribution is 5.30. The molecule has 1 nitrogen and oxygen atoms in total. The molecule has 2 N–H and O–H groups in total. The summed E-state index contributed by atoms with van der Waals surface area (Å²) >= 11 is 0. The maximum Gasteiger partial charge on any atom is -0.00741 e. The molecular formula is C11H17N. The molecule has 0 aromatic rings. The molecule has 0 radical (unpaired) electrons. The minimum Gasteiger partial charge on any atom is -0.330 e. The lowest BCUT2D eigenvalue weighted by molar-refractivity contribution is 0.837. The molecule has 0 aliphatic rings. The quantitative estimate of drug-likeness (QED) is 0.598. The van der Waals surface area contributed by atoms with Crippen molar-refractivity contribution in [1.82, 2.24) is 0 Å². The fraction of sp³-hybridized carbons (Fsp3) is 0.273. The van der Waals surface area contributed by atoms with Crippen LogP contribution in [-0.4, -0.2) is 6.54 Å². The average molecular weight is 163 g/mol. The van der Waals surface area contributed by atoms with E-state index in [1.807, 2.05) is 12.2 Å². The van der Waals surface area contributed by atoms with Crippen LogP contribution >= 0.6 is 0 Å². The van der Waals surface area contributed by atoms with Gasteiger partial charge in [0.05, 0.1) is 0 Å². The van der Waals surface area contributed by atoms with Crippen molar-refractivity contribution >= 4 is 0 Å². The zero-order valence-corrected chi connectivity index (χ0v) is 7.55. The summed E-state index contributed by atoms with van der Waals surface area (Å²) in [5, 5.41) is 0. The van der Waals surface area contributed by atoms with Crippen LogP contribution in [0.4, 0.5) is 0 Å². The Morgan fingerprint density at radius 1 is 1.25 bits per heavy atom. The Morgan fingerprint density at radius 3 is 2.42 bits per heavy atom. The van der Waals surface area contributed by atoms with E-state index in [2.05, 4.69) is 19.7 Å². The van der Waals surface area contributed by atoms with Crippen LogP contribution in [0.1, 0.15) is 12.8 Å². The summed E-state index contributed by atoms with van der Waals surface area (Å²) in [6, 6.07) is 0. The van der Waals surface area contributed by atoms with Gasteiger partial charge in [-0.3, -0.25) is 0 Å². The Balaban J connectivity index is 3.75. The minimum atomic E-state index is 0.718. The fourth-order valence-electron chi connectivity index (χ4n) is 0.705. The first kappa shape index (κ1) is 10.9. The summed E-state index contributed by atoms with van der Waals surface area (Å²) in [5.41, 5.74) is 7.35. The highest BCUT2D eigenvalue weighted by Gasteiger charge is 1.87. The molecule has 0 spiro atoms. The monoisotopic (exact) mass is 163 g/mol. The molecule has 0 heterocycles. The van der Waals surface area contributed by atoms with Gasteiger partial charge in [-0.05, 0) is 25.0 Å². The smallest absolute Gasteiger partial charge is 0.00741 e. The molecule has 0 saturated heterocycles. The molecule has 0 aliphatic heterocycles. The number of rotatable bonds is 6. The fourth-order valence-corrected chi connectivity index (χ4v) is 0.705. The third kappa shape index (κ3) is 5.69. The van der Waals surface area contributed by atoms with E-state index in [1.165, 1.54) is 0 Å². The highest BCUT2D eigenvalue weighted by Crippen LogP contribution is 2.04. The second kappa shape index (κ2) is 6.62. The lowest BCUT2D eigenvalue weighted by atomic mass is 10.1. The maximum absolute atomic E-state index is 5.36. The Morgan fingerprint density at radius 2 is 1.92 bits per heavy atom. The normalized spacial score (nSPS) is 10.1. The van der Waals surface area contributed by atoms with E-state index in [-0.39, 0.29) is 0 Å². The van der Waals surface area contributed by atoms with E-state index < -0.39 is 0 Å². The summed E-state index contributed by atoms with van der Waals surface area (Å²) in [7, 11) is 0. The predicted molar refractivity (Wildman–Crippen MR) is 55.9 cm³/mol. The molecule has 1 heteroatoms. The lowest BCUT2D eigenvalue weighted by Gasteiger charge is -1.96. The summed E-state index contributed by atoms with van der Waals surface area (Å²) in [5.74, 6) is 0. The Bertz CT molecular complexity index is 199. The third-order valence-electron chi connectivity index (χ3n) is 1.50. The first-order valence-electron chi connectivity index (χ1n) is 4.08. The van der Waals surface area contributed by atoms with Gasteiger partial charge in [-0.1, -0.05) is 43.5 Å². The van der Waals surface area contributed by atoms with E-state index in [9.17, 15) is 0 Å². The Hall–Kier alpha value is -1.08. The van der Waals surface area contributed by atoms with Crippen molar-refractivity contribution in [3.63, 3.8) is 0 Å². The highest BCUT2D eigenvalue weighted by atomic mass is 14.5. The molecule has 0 aliphatic carbocycles. The zero-order valence-electron chi connectivity index (χ0n) is 7.55. The SMILES string of the molecule is C=CC(=C)/C=C\C(=C)CCCN. The van der Waals surface area contributed by atoms with Gasteiger partial charge in [0.2, 0.25) is 0 Å². The molecular weight excluding hydrogens is 146 g/mol. The molecule has 0 saturated carbocycles. The van der Waals surface area contributed by atoms with Crippen molar-refractivity contribution < 1.29 is 0 Å². The van der Waals surface area contributed by atoms with Gasteiger partial charge in [0, 0.05) is 0 Å². The lowest BCUT2D eigenvalue weighted by Crippen LogP contribution is -1.97. The van der Waals surface area contributed by atoms with Gasteiger partial charge < -0.3 is 5.73 Å². The largest absolute Gasteiger partial charge is 0.330 e. The molecule has 66 valence electrons. The first-order chi connectivity index (χ1) is 5.70. The second-order valence-electron chi connectivity index (χ2n) is 2.66. The van der Waals surface area contributed by atoms with Crippen molar-refractivity contribution in [2.45, 2.75) is 12.8 Å². The third-order valence-corrected chi connectivity index (χ3v) is 1.50. The number of allylic oxidation sites excluding steroid dienone is 5. The standard InChI is InChI=1S/C11H17N/c1-4-10(2)7-8-11(3)6-5-9-12/h4,7-8H,1-3,5-6,9,12H2/b8-7-. The predicted octanol–water partition coefficient (Wildman–Crippen LogP) is 2.58. The van der Waals surface area contributed by atoms with Crippen LogP contribution in [0.5, 0.6) is 0 Å². The van der Waals surface area contributed by atoms with Gasteiger partial charge >= 0.3 is 0 Å². The van der Waals surface area contributed by atoms with E-state index in [0.29, 0.717) is 0 Å². The van der Waals surface area contributed by atoms with Crippen molar-refractivity contribution in [3.05, 3.63) is 49.1 Å². The summed E-state index contributed by atoms with van der Waals surface area (Å²) in [4.78, 5) is 0. The van der Waals surface area contributed by atoms with Crippen LogP contribution in [0, 0.1) is 0 Å². The van der Waals surface area contributed by atoms with Crippen molar-refractivity contribution in [3.8, 4) is 0 Å². The molecule has 0 fully saturated rings. The molecule has 12 heavy (non-hydrogen) atoms. The topological polar surface area (TPSA) is 26.0 Å². The van der Waals surface area contributed by atoms with Gasteiger partial charge in [-0.2, -0.15) is 0 Å². The molecule has 0 aromatic carbocycles. The molecule has 0 amide bonds. The van der Waals surface area contributed by atoms with Gasteiger partial charge in [-0.25, -0.2) is 0 Å². The molecule has 0 rings (SSSR count). The van der Waals surface area contributed by atoms with E-state index >= 15 is 0 Å².